The third kappa shape index (κ3) is 3.03. The van der Waals surface area contributed by atoms with Gasteiger partial charge in [0.2, 0.25) is 0 Å². The summed E-state index contributed by atoms with van der Waals surface area (Å²) in [6.07, 6.45) is 0. The van der Waals surface area contributed by atoms with Gasteiger partial charge in [-0.1, -0.05) is 0 Å². The van der Waals surface area contributed by atoms with E-state index in [1.54, 1.807) is 0 Å². The van der Waals surface area contributed by atoms with Crippen LogP contribution < -0.4 is 4.74 Å². The summed E-state index contributed by atoms with van der Waals surface area (Å²) in [6, 6.07) is 7.26. The Hall–Kier alpha value is -3.18. The standard InChI is InChI=1S/C21H10F2O7.2BrH/c22-13-4-11-17(6-15(13)24)29-18-7-16(25)14(23)5-12(18)21(11)10-3-8(19(26)27)1-2-9(10)20(28)30-21;;/h1-7,24-25H,(H,26,27);2*1H. The Kier molecular flexibility index (Phi) is 5.69. The number of phenolic OH excluding ortho intramolecular Hbond substituents is 2. The van der Waals surface area contributed by atoms with E-state index in [1.165, 1.54) is 18.2 Å². The first-order chi connectivity index (χ1) is 14.2. The SMILES string of the molecule is Br.Br.O=C(O)c1ccc2c(c1)C1(OC2=O)c2cc(F)c(O)cc2Oc2cc(O)c(F)cc21. The minimum Gasteiger partial charge on any atom is -0.505 e. The first-order valence-electron chi connectivity index (χ1n) is 8.57. The number of phenols is 2. The maximum Gasteiger partial charge on any atom is 0.340 e. The van der Waals surface area contributed by atoms with Gasteiger partial charge >= 0.3 is 11.9 Å². The maximum atomic E-state index is 14.3. The second kappa shape index (κ2) is 7.75. The number of fused-ring (bicyclic) bond motifs is 6. The number of aromatic hydroxyl groups is 2. The molecule has 166 valence electrons. The minimum absolute atomic E-state index is 0. The number of rotatable bonds is 1. The van der Waals surface area contributed by atoms with Gasteiger partial charge in [-0.15, -0.1) is 34.0 Å². The van der Waals surface area contributed by atoms with Crippen LogP contribution >= 0.6 is 34.0 Å². The van der Waals surface area contributed by atoms with Crippen LogP contribution in [0.2, 0.25) is 0 Å². The highest BCUT2D eigenvalue weighted by Crippen LogP contribution is 2.57. The lowest BCUT2D eigenvalue weighted by Crippen LogP contribution is -2.33. The molecule has 0 radical (unpaired) electrons. The van der Waals surface area contributed by atoms with Crippen LogP contribution in [0.4, 0.5) is 8.78 Å². The maximum absolute atomic E-state index is 14.3. The highest BCUT2D eigenvalue weighted by Gasteiger charge is 2.54. The molecule has 3 N–H and O–H groups in total. The zero-order chi connectivity index (χ0) is 21.4. The molecule has 2 aliphatic rings. The predicted octanol–water partition coefficient (Wildman–Crippen LogP) is 4.80. The Labute approximate surface area is 199 Å². The fraction of sp³-hybridized carbons (Fsp3) is 0.0476. The molecule has 0 fully saturated rings. The van der Waals surface area contributed by atoms with Crippen LogP contribution in [0.3, 0.4) is 0 Å². The summed E-state index contributed by atoms with van der Waals surface area (Å²) in [6.45, 7) is 0. The average molecular weight is 574 g/mol. The summed E-state index contributed by atoms with van der Waals surface area (Å²) in [4.78, 5) is 24.2. The number of carboxylic acid groups (broad SMARTS) is 1. The molecule has 0 saturated heterocycles. The number of hydrogen-bond acceptors (Lipinski definition) is 6. The molecule has 2 aliphatic heterocycles. The Morgan fingerprint density at radius 1 is 0.844 bits per heavy atom. The van der Waals surface area contributed by atoms with Gasteiger partial charge in [-0.2, -0.15) is 0 Å². The number of aromatic carboxylic acids is 1. The number of carbonyl (C=O) groups excluding carboxylic acids is 1. The summed E-state index contributed by atoms with van der Waals surface area (Å²) in [7, 11) is 0. The van der Waals surface area contributed by atoms with Gasteiger partial charge in [0.15, 0.2) is 28.7 Å². The normalized spacial score (nSPS) is 14.1. The van der Waals surface area contributed by atoms with Gasteiger partial charge in [-0.25, -0.2) is 18.4 Å². The predicted molar refractivity (Wildman–Crippen MR) is 116 cm³/mol. The highest BCUT2D eigenvalue weighted by atomic mass is 79.9. The molecule has 2 heterocycles. The fourth-order valence-electron chi connectivity index (χ4n) is 3.86. The molecule has 5 rings (SSSR count). The number of halogens is 4. The lowest BCUT2D eigenvalue weighted by atomic mass is 9.77. The number of benzene rings is 3. The molecule has 0 amide bonds. The third-order valence-electron chi connectivity index (χ3n) is 5.19. The molecule has 32 heavy (non-hydrogen) atoms. The van der Waals surface area contributed by atoms with E-state index in [2.05, 4.69) is 0 Å². The largest absolute Gasteiger partial charge is 0.505 e. The lowest BCUT2D eigenvalue weighted by Gasteiger charge is -2.36. The lowest BCUT2D eigenvalue weighted by molar-refractivity contribution is 0.0221. The second-order valence-corrected chi connectivity index (χ2v) is 6.84. The number of esters is 1. The average Bonchev–Trinajstić information content (AvgIpc) is 2.98. The Morgan fingerprint density at radius 2 is 1.38 bits per heavy atom. The number of carbonyl (C=O) groups is 2. The zero-order valence-electron chi connectivity index (χ0n) is 15.6. The molecule has 3 aromatic rings. The van der Waals surface area contributed by atoms with Crippen molar-refractivity contribution in [3.8, 4) is 23.0 Å². The molecular formula is C21H12Br2F2O7. The molecule has 1 spiro atoms. The van der Waals surface area contributed by atoms with Gasteiger partial charge in [0, 0.05) is 17.7 Å². The molecule has 3 aromatic carbocycles. The van der Waals surface area contributed by atoms with E-state index in [4.69, 9.17) is 9.47 Å². The van der Waals surface area contributed by atoms with E-state index >= 15 is 0 Å². The van der Waals surface area contributed by atoms with Gasteiger partial charge in [-0.3, -0.25) is 0 Å². The van der Waals surface area contributed by atoms with Crippen molar-refractivity contribution in [1.82, 2.24) is 0 Å². The van der Waals surface area contributed by atoms with Gasteiger partial charge < -0.3 is 24.8 Å². The fourth-order valence-corrected chi connectivity index (χ4v) is 3.86. The van der Waals surface area contributed by atoms with Crippen LogP contribution in [0.5, 0.6) is 23.0 Å². The number of carboxylic acids is 1. The summed E-state index contributed by atoms with van der Waals surface area (Å²) < 4.78 is 39.8. The van der Waals surface area contributed by atoms with E-state index in [9.17, 15) is 33.7 Å². The van der Waals surface area contributed by atoms with E-state index < -0.39 is 40.7 Å². The highest BCUT2D eigenvalue weighted by molar-refractivity contribution is 8.93. The quantitative estimate of drug-likeness (QED) is 0.358. The molecule has 11 heteroatoms. The monoisotopic (exact) mass is 572 g/mol. The first-order valence-corrected chi connectivity index (χ1v) is 8.57. The van der Waals surface area contributed by atoms with Crippen LogP contribution in [0, 0.1) is 11.6 Å². The molecule has 7 nitrogen and oxygen atoms in total. The summed E-state index contributed by atoms with van der Waals surface area (Å²) in [5.41, 5.74) is -2.26. The zero-order valence-corrected chi connectivity index (χ0v) is 19.0. The van der Waals surface area contributed by atoms with Crippen molar-refractivity contribution in [2.75, 3.05) is 0 Å². The first kappa shape index (κ1) is 23.5. The van der Waals surface area contributed by atoms with E-state index in [-0.39, 0.29) is 73.3 Å². The van der Waals surface area contributed by atoms with E-state index in [0.29, 0.717) is 0 Å². The molecule has 0 unspecified atom stereocenters. The van der Waals surface area contributed by atoms with Crippen molar-refractivity contribution in [3.63, 3.8) is 0 Å². The van der Waals surface area contributed by atoms with Crippen molar-refractivity contribution < 1.29 is 43.2 Å². The van der Waals surface area contributed by atoms with Crippen molar-refractivity contribution in [2.45, 2.75) is 5.60 Å². The number of hydrogen-bond donors (Lipinski definition) is 3. The summed E-state index contributed by atoms with van der Waals surface area (Å²) in [5.74, 6) is -5.97. The molecule has 0 aromatic heterocycles. The van der Waals surface area contributed by atoms with Gasteiger partial charge in [-0.05, 0) is 30.3 Å². The van der Waals surface area contributed by atoms with Crippen LogP contribution in [0.15, 0.2) is 42.5 Å². The topological polar surface area (TPSA) is 113 Å². The van der Waals surface area contributed by atoms with Crippen molar-refractivity contribution in [2.24, 2.45) is 0 Å². The Balaban J connectivity index is 0.00000144. The molecule has 0 atom stereocenters. The number of ether oxygens (including phenoxy) is 2. The van der Waals surface area contributed by atoms with Gasteiger partial charge in [0.1, 0.15) is 11.5 Å². The minimum atomic E-state index is -1.95. The Bertz CT molecular complexity index is 1250. The van der Waals surface area contributed by atoms with Gasteiger partial charge in [0.05, 0.1) is 22.3 Å². The van der Waals surface area contributed by atoms with Crippen molar-refractivity contribution >= 4 is 45.9 Å². The molecular weight excluding hydrogens is 562 g/mol. The van der Waals surface area contributed by atoms with Crippen molar-refractivity contribution in [1.29, 1.82) is 0 Å². The van der Waals surface area contributed by atoms with Crippen LogP contribution in [0.25, 0.3) is 0 Å². The van der Waals surface area contributed by atoms with Crippen LogP contribution in [-0.4, -0.2) is 27.3 Å². The van der Waals surface area contributed by atoms with Crippen molar-refractivity contribution in [3.05, 3.63) is 81.9 Å². The van der Waals surface area contributed by atoms with Gasteiger partial charge in [0.25, 0.3) is 0 Å². The van der Waals surface area contributed by atoms with Crippen LogP contribution in [0.1, 0.15) is 37.4 Å². The molecule has 0 bridgehead atoms. The van der Waals surface area contributed by atoms with E-state index in [1.807, 2.05) is 0 Å². The van der Waals surface area contributed by atoms with E-state index in [0.717, 1.165) is 24.3 Å². The smallest absolute Gasteiger partial charge is 0.340 e. The summed E-state index contributed by atoms with van der Waals surface area (Å²) >= 11 is 0. The third-order valence-corrected chi connectivity index (χ3v) is 5.19. The second-order valence-electron chi connectivity index (χ2n) is 6.84. The Morgan fingerprint density at radius 3 is 1.88 bits per heavy atom. The summed E-state index contributed by atoms with van der Waals surface area (Å²) in [5, 5.41) is 28.9. The molecule has 0 aliphatic carbocycles. The van der Waals surface area contributed by atoms with Crippen LogP contribution in [-0.2, 0) is 10.3 Å². The molecule has 0 saturated carbocycles.